The fourth-order valence-corrected chi connectivity index (χ4v) is 3.07. The lowest BCUT2D eigenvalue weighted by Crippen LogP contribution is -2.39. The third kappa shape index (κ3) is 1.77. The molecule has 3 aliphatic rings. The number of rotatable bonds is 1. The van der Waals surface area contributed by atoms with Gasteiger partial charge in [0.1, 0.15) is 0 Å². The van der Waals surface area contributed by atoms with E-state index >= 15 is 0 Å². The van der Waals surface area contributed by atoms with E-state index < -0.39 is 0 Å². The van der Waals surface area contributed by atoms with Gasteiger partial charge >= 0.3 is 0 Å². The van der Waals surface area contributed by atoms with Crippen LogP contribution in [0.15, 0.2) is 41.7 Å². The highest BCUT2D eigenvalue weighted by Gasteiger charge is 2.45. The molecule has 1 atom stereocenters. The molecule has 5 heteroatoms. The topological polar surface area (TPSA) is 58.6 Å². The fourth-order valence-electron chi connectivity index (χ4n) is 3.07. The molecule has 2 heterocycles. The molecule has 4 rings (SSSR count). The molecule has 1 aromatic rings. The van der Waals surface area contributed by atoms with Crippen molar-refractivity contribution in [3.63, 3.8) is 0 Å². The molecular formula is C16H14N2O3. The van der Waals surface area contributed by atoms with Gasteiger partial charge in [0.2, 0.25) is 5.91 Å². The lowest BCUT2D eigenvalue weighted by molar-refractivity contribution is -0.137. The van der Waals surface area contributed by atoms with Crippen LogP contribution in [0, 0.1) is 5.92 Å². The van der Waals surface area contributed by atoms with E-state index in [-0.39, 0.29) is 17.7 Å². The summed E-state index contributed by atoms with van der Waals surface area (Å²) in [5.41, 5.74) is 4.18. The van der Waals surface area contributed by atoms with Crippen LogP contribution in [0.4, 0.5) is 0 Å². The second kappa shape index (κ2) is 4.48. The number of imide groups is 1. The second-order valence-corrected chi connectivity index (χ2v) is 5.39. The normalized spacial score (nSPS) is 23.6. The molecule has 1 saturated heterocycles. The van der Waals surface area contributed by atoms with Gasteiger partial charge in [-0.25, -0.2) is 10.4 Å². The number of para-hydroxylation sites is 1. The Bertz CT molecular complexity index is 705. The SMILES string of the molecule is O=C1C2=CCCCC2C(=O)N1C1=Cc2ccccc2ON1. The summed E-state index contributed by atoms with van der Waals surface area (Å²) in [6.07, 6.45) is 6.23. The van der Waals surface area contributed by atoms with Crippen molar-refractivity contribution in [1.29, 1.82) is 0 Å². The second-order valence-electron chi connectivity index (χ2n) is 5.39. The number of hydrogen-bond donors (Lipinski definition) is 1. The first-order valence-electron chi connectivity index (χ1n) is 7.07. The van der Waals surface area contributed by atoms with Crippen LogP contribution in [0.2, 0.25) is 0 Å². The van der Waals surface area contributed by atoms with E-state index in [9.17, 15) is 9.59 Å². The molecule has 1 aromatic carbocycles. The van der Waals surface area contributed by atoms with Crippen LogP contribution in [0.5, 0.6) is 5.75 Å². The zero-order valence-electron chi connectivity index (χ0n) is 11.3. The van der Waals surface area contributed by atoms with E-state index in [1.54, 1.807) is 6.08 Å². The number of hydroxylamine groups is 1. The van der Waals surface area contributed by atoms with Gasteiger partial charge in [-0.15, -0.1) is 0 Å². The molecule has 1 fully saturated rings. The molecular weight excluding hydrogens is 268 g/mol. The highest BCUT2D eigenvalue weighted by Crippen LogP contribution is 2.36. The Labute approximate surface area is 121 Å². The number of amides is 2. The summed E-state index contributed by atoms with van der Waals surface area (Å²) in [4.78, 5) is 31.6. The van der Waals surface area contributed by atoms with Gasteiger partial charge in [0.25, 0.3) is 5.91 Å². The number of benzene rings is 1. The summed E-state index contributed by atoms with van der Waals surface area (Å²) < 4.78 is 0. The first-order valence-corrected chi connectivity index (χ1v) is 7.07. The molecule has 0 spiro atoms. The molecule has 0 radical (unpaired) electrons. The highest BCUT2D eigenvalue weighted by molar-refractivity contribution is 6.16. The molecule has 0 bridgehead atoms. The van der Waals surface area contributed by atoms with Gasteiger partial charge < -0.3 is 4.84 Å². The maximum atomic E-state index is 12.5. The van der Waals surface area contributed by atoms with Crippen molar-refractivity contribution in [1.82, 2.24) is 10.4 Å². The molecule has 2 aliphatic heterocycles. The minimum Gasteiger partial charge on any atom is -0.380 e. The maximum absolute atomic E-state index is 12.5. The van der Waals surface area contributed by atoms with Crippen LogP contribution in [-0.2, 0) is 9.59 Å². The summed E-state index contributed by atoms with van der Waals surface area (Å²) in [5, 5.41) is 0. The van der Waals surface area contributed by atoms with Crippen LogP contribution in [-0.4, -0.2) is 16.7 Å². The Hall–Kier alpha value is -2.56. The van der Waals surface area contributed by atoms with Crippen LogP contribution in [0.1, 0.15) is 24.8 Å². The number of allylic oxidation sites excluding steroid dienone is 1. The molecule has 1 aliphatic carbocycles. The number of fused-ring (bicyclic) bond motifs is 2. The summed E-state index contributed by atoms with van der Waals surface area (Å²) >= 11 is 0. The number of carbonyl (C=O) groups is 2. The van der Waals surface area contributed by atoms with Gasteiger partial charge in [-0.1, -0.05) is 24.3 Å². The standard InChI is InChI=1S/C16H14N2O3/c19-15-11-6-2-3-7-12(11)16(20)18(15)14-9-10-5-1-4-8-13(10)21-17-14/h1,4-6,8-9,12,17H,2-3,7H2. The van der Waals surface area contributed by atoms with E-state index in [1.807, 2.05) is 30.3 Å². The number of carbonyl (C=O) groups excluding carboxylic acids is 2. The van der Waals surface area contributed by atoms with Crippen molar-refractivity contribution >= 4 is 17.9 Å². The van der Waals surface area contributed by atoms with Crippen molar-refractivity contribution in [2.45, 2.75) is 19.3 Å². The number of likely N-dealkylation sites (tertiary alicyclic amines) is 1. The van der Waals surface area contributed by atoms with Crippen molar-refractivity contribution in [3.05, 3.63) is 47.3 Å². The van der Waals surface area contributed by atoms with E-state index in [1.165, 1.54) is 4.90 Å². The Morgan fingerprint density at radius 2 is 2.10 bits per heavy atom. The summed E-state index contributed by atoms with van der Waals surface area (Å²) in [7, 11) is 0. The highest BCUT2D eigenvalue weighted by atomic mass is 16.6. The molecule has 1 unspecified atom stereocenters. The van der Waals surface area contributed by atoms with Gasteiger partial charge in [-0.05, 0) is 31.4 Å². The molecule has 0 saturated carbocycles. The molecule has 5 nitrogen and oxygen atoms in total. The summed E-state index contributed by atoms with van der Waals surface area (Å²) in [6, 6.07) is 7.46. The van der Waals surface area contributed by atoms with E-state index in [4.69, 9.17) is 4.84 Å². The average Bonchev–Trinajstić information content (AvgIpc) is 2.79. The Morgan fingerprint density at radius 1 is 1.24 bits per heavy atom. The average molecular weight is 282 g/mol. The van der Waals surface area contributed by atoms with Crippen LogP contribution < -0.4 is 10.3 Å². The van der Waals surface area contributed by atoms with E-state index in [0.717, 1.165) is 24.8 Å². The zero-order chi connectivity index (χ0) is 14.4. The van der Waals surface area contributed by atoms with E-state index in [0.29, 0.717) is 17.1 Å². The monoisotopic (exact) mass is 282 g/mol. The third-order valence-corrected chi connectivity index (χ3v) is 4.12. The number of nitrogens with zero attached hydrogens (tertiary/aromatic N) is 1. The zero-order valence-corrected chi connectivity index (χ0v) is 11.3. The maximum Gasteiger partial charge on any atom is 0.262 e. The molecule has 0 aromatic heterocycles. The van der Waals surface area contributed by atoms with Crippen molar-refractivity contribution in [3.8, 4) is 5.75 Å². The lowest BCUT2D eigenvalue weighted by Gasteiger charge is -2.24. The van der Waals surface area contributed by atoms with Crippen LogP contribution in [0.25, 0.3) is 6.08 Å². The largest absolute Gasteiger partial charge is 0.380 e. The van der Waals surface area contributed by atoms with Crippen LogP contribution >= 0.6 is 0 Å². The van der Waals surface area contributed by atoms with Gasteiger partial charge in [0.15, 0.2) is 11.6 Å². The lowest BCUT2D eigenvalue weighted by atomic mass is 9.90. The minimum atomic E-state index is -0.286. The van der Waals surface area contributed by atoms with Gasteiger partial charge in [-0.3, -0.25) is 9.59 Å². The Morgan fingerprint density at radius 3 is 2.95 bits per heavy atom. The molecule has 21 heavy (non-hydrogen) atoms. The van der Waals surface area contributed by atoms with Gasteiger partial charge in [0.05, 0.1) is 5.92 Å². The Balaban J connectivity index is 1.73. The predicted molar refractivity (Wildman–Crippen MR) is 75.5 cm³/mol. The summed E-state index contributed by atoms with van der Waals surface area (Å²) in [6.45, 7) is 0. The first kappa shape index (κ1) is 12.2. The molecule has 2 amide bonds. The fraction of sp³-hybridized carbons (Fsp3) is 0.250. The predicted octanol–water partition coefficient (Wildman–Crippen LogP) is 1.98. The van der Waals surface area contributed by atoms with Crippen molar-refractivity contribution in [2.24, 2.45) is 5.92 Å². The van der Waals surface area contributed by atoms with E-state index in [2.05, 4.69) is 5.48 Å². The van der Waals surface area contributed by atoms with Crippen molar-refractivity contribution < 1.29 is 14.4 Å². The van der Waals surface area contributed by atoms with Gasteiger partial charge in [-0.2, -0.15) is 0 Å². The third-order valence-electron chi connectivity index (χ3n) is 4.12. The smallest absolute Gasteiger partial charge is 0.262 e. The molecule has 1 N–H and O–H groups in total. The quantitative estimate of drug-likeness (QED) is 0.800. The summed E-state index contributed by atoms with van der Waals surface area (Å²) in [5.74, 6) is 0.390. The van der Waals surface area contributed by atoms with Crippen molar-refractivity contribution in [2.75, 3.05) is 0 Å². The number of hydrogen-bond acceptors (Lipinski definition) is 4. The minimum absolute atomic E-state index is 0.160. The molecule has 106 valence electrons. The first-order chi connectivity index (χ1) is 10.3. The Kier molecular flexibility index (Phi) is 2.60. The number of nitrogens with one attached hydrogen (secondary N) is 1. The van der Waals surface area contributed by atoms with Crippen LogP contribution in [0.3, 0.4) is 0 Å². The van der Waals surface area contributed by atoms with Gasteiger partial charge in [0, 0.05) is 11.1 Å².